The third kappa shape index (κ3) is 5.46. The molecule has 0 atom stereocenters. The normalized spacial score (nSPS) is 13.3. The molecular formula is C31H27F2N7O2. The van der Waals surface area contributed by atoms with Crippen LogP contribution in [0.25, 0.3) is 33.4 Å². The molecule has 1 amide bonds. The van der Waals surface area contributed by atoms with E-state index >= 15 is 4.39 Å². The molecule has 4 aromatic heterocycles. The van der Waals surface area contributed by atoms with Gasteiger partial charge in [0.25, 0.3) is 0 Å². The van der Waals surface area contributed by atoms with Crippen LogP contribution in [0, 0.1) is 18.6 Å². The molecule has 0 radical (unpaired) electrons. The van der Waals surface area contributed by atoms with E-state index in [1.54, 1.807) is 36.8 Å². The number of nitrogens with one attached hydrogen (secondary N) is 2. The molecule has 2 N–H and O–H groups in total. The van der Waals surface area contributed by atoms with Crippen molar-refractivity contribution in [3.63, 3.8) is 0 Å². The van der Waals surface area contributed by atoms with E-state index in [9.17, 15) is 9.18 Å². The van der Waals surface area contributed by atoms with E-state index in [-0.39, 0.29) is 16.8 Å². The topological polar surface area (TPSA) is 105 Å². The van der Waals surface area contributed by atoms with Crippen molar-refractivity contribution in [2.75, 3.05) is 41.8 Å². The van der Waals surface area contributed by atoms with Gasteiger partial charge in [0.1, 0.15) is 23.3 Å². The van der Waals surface area contributed by atoms with Crippen molar-refractivity contribution in [3.05, 3.63) is 84.3 Å². The molecule has 11 heteroatoms. The first-order valence-electron chi connectivity index (χ1n) is 13.4. The van der Waals surface area contributed by atoms with Crippen LogP contribution in [-0.4, -0.2) is 52.1 Å². The van der Waals surface area contributed by atoms with Crippen LogP contribution in [0.3, 0.4) is 0 Å². The molecule has 1 fully saturated rings. The van der Waals surface area contributed by atoms with Crippen LogP contribution in [0.5, 0.6) is 0 Å². The van der Waals surface area contributed by atoms with Gasteiger partial charge in [0.05, 0.1) is 46.9 Å². The van der Waals surface area contributed by atoms with Crippen molar-refractivity contribution in [2.24, 2.45) is 0 Å². The van der Waals surface area contributed by atoms with Gasteiger partial charge in [0.15, 0.2) is 0 Å². The average Bonchev–Trinajstić information content (AvgIpc) is 2.99. The minimum atomic E-state index is -0.735. The molecule has 5 aromatic rings. The van der Waals surface area contributed by atoms with Gasteiger partial charge in [0.2, 0.25) is 5.91 Å². The van der Waals surface area contributed by atoms with Crippen molar-refractivity contribution in [1.82, 2.24) is 19.9 Å². The highest BCUT2D eigenvalue weighted by Crippen LogP contribution is 2.39. The monoisotopic (exact) mass is 567 g/mol. The number of pyridine rings is 4. The number of benzene rings is 1. The fourth-order valence-corrected chi connectivity index (χ4v) is 5.00. The van der Waals surface area contributed by atoms with Gasteiger partial charge >= 0.3 is 0 Å². The zero-order chi connectivity index (χ0) is 29.2. The van der Waals surface area contributed by atoms with Crippen molar-refractivity contribution >= 4 is 39.8 Å². The summed E-state index contributed by atoms with van der Waals surface area (Å²) in [5, 5.41) is 6.27. The Labute approximate surface area is 240 Å². The number of fused-ring (bicyclic) bond motifs is 1. The average molecular weight is 568 g/mol. The molecule has 9 nitrogen and oxygen atoms in total. The van der Waals surface area contributed by atoms with E-state index in [0.717, 1.165) is 17.4 Å². The number of nitrogens with zero attached hydrogens (tertiary/aromatic N) is 5. The van der Waals surface area contributed by atoms with E-state index in [0.29, 0.717) is 66.0 Å². The van der Waals surface area contributed by atoms with Crippen LogP contribution >= 0.6 is 0 Å². The predicted octanol–water partition coefficient (Wildman–Crippen LogP) is 5.88. The Hall–Kier alpha value is -5.03. The highest BCUT2D eigenvalue weighted by molar-refractivity contribution is 5.99. The zero-order valence-electron chi connectivity index (χ0n) is 23.0. The van der Waals surface area contributed by atoms with Crippen LogP contribution in [0.1, 0.15) is 12.5 Å². The van der Waals surface area contributed by atoms with Crippen LogP contribution in [0.15, 0.2) is 67.1 Å². The lowest BCUT2D eigenvalue weighted by molar-refractivity contribution is -0.114. The van der Waals surface area contributed by atoms with E-state index < -0.39 is 11.6 Å². The summed E-state index contributed by atoms with van der Waals surface area (Å²) in [5.74, 6) is -0.547. The molecule has 5 heterocycles. The van der Waals surface area contributed by atoms with Crippen molar-refractivity contribution in [2.45, 2.75) is 13.8 Å². The molecule has 1 saturated heterocycles. The lowest BCUT2D eigenvalue weighted by Crippen LogP contribution is -2.36. The second-order valence-electron chi connectivity index (χ2n) is 9.88. The largest absolute Gasteiger partial charge is 0.378 e. The van der Waals surface area contributed by atoms with E-state index in [2.05, 4.69) is 30.5 Å². The first kappa shape index (κ1) is 27.2. The third-order valence-electron chi connectivity index (χ3n) is 7.02. The van der Waals surface area contributed by atoms with Gasteiger partial charge in [-0.05, 0) is 31.2 Å². The maximum atomic E-state index is 15.5. The van der Waals surface area contributed by atoms with Crippen LogP contribution in [0.4, 0.5) is 31.8 Å². The summed E-state index contributed by atoms with van der Waals surface area (Å²) in [6.45, 7) is 5.76. The molecule has 0 saturated carbocycles. The summed E-state index contributed by atoms with van der Waals surface area (Å²) < 4.78 is 35.3. The van der Waals surface area contributed by atoms with Gasteiger partial charge in [-0.3, -0.25) is 9.78 Å². The molecule has 0 spiro atoms. The molecular weight excluding hydrogens is 540 g/mol. The summed E-state index contributed by atoms with van der Waals surface area (Å²) in [4.78, 5) is 31.7. The van der Waals surface area contributed by atoms with Gasteiger partial charge in [-0.15, -0.1) is 0 Å². The van der Waals surface area contributed by atoms with Crippen LogP contribution in [0.2, 0.25) is 0 Å². The minimum Gasteiger partial charge on any atom is -0.378 e. The highest BCUT2D eigenvalue weighted by Gasteiger charge is 2.21. The molecule has 212 valence electrons. The molecule has 6 rings (SSSR count). The van der Waals surface area contributed by atoms with Crippen molar-refractivity contribution < 1.29 is 18.3 Å². The lowest BCUT2D eigenvalue weighted by atomic mass is 10.0. The minimum absolute atomic E-state index is 0.156. The third-order valence-corrected chi connectivity index (χ3v) is 7.02. The molecule has 0 aliphatic carbocycles. The second kappa shape index (κ2) is 11.5. The van der Waals surface area contributed by atoms with Gasteiger partial charge in [-0.25, -0.2) is 23.7 Å². The first-order valence-corrected chi connectivity index (χ1v) is 13.4. The number of ether oxygens (including phenoxy) is 1. The van der Waals surface area contributed by atoms with Crippen molar-refractivity contribution in [1.29, 1.82) is 0 Å². The Balaban J connectivity index is 1.53. The van der Waals surface area contributed by atoms with E-state index in [4.69, 9.17) is 9.72 Å². The summed E-state index contributed by atoms with van der Waals surface area (Å²) in [6, 6.07) is 12.9. The number of hydrogen-bond donors (Lipinski definition) is 2. The fourth-order valence-electron chi connectivity index (χ4n) is 5.00. The molecule has 1 aliphatic rings. The van der Waals surface area contributed by atoms with Gasteiger partial charge in [-0.2, -0.15) is 0 Å². The number of rotatable bonds is 6. The molecule has 0 bridgehead atoms. The maximum absolute atomic E-state index is 15.5. The zero-order valence-corrected chi connectivity index (χ0v) is 23.0. The van der Waals surface area contributed by atoms with Gasteiger partial charge in [-0.1, -0.05) is 6.07 Å². The number of aromatic nitrogens is 4. The number of halogens is 2. The summed E-state index contributed by atoms with van der Waals surface area (Å²) in [5.41, 5.74) is 4.36. The van der Waals surface area contributed by atoms with Gasteiger partial charge < -0.3 is 20.3 Å². The van der Waals surface area contributed by atoms with Crippen LogP contribution in [-0.2, 0) is 9.53 Å². The molecule has 1 aromatic carbocycles. The van der Waals surface area contributed by atoms with E-state index in [1.807, 2.05) is 25.1 Å². The summed E-state index contributed by atoms with van der Waals surface area (Å²) >= 11 is 0. The highest BCUT2D eigenvalue weighted by atomic mass is 19.1. The standard InChI is InChI=1S/C31H27F2N7O2/c1-18-30(24-5-3-4-8-34-24)39-26-14-21(32)13-23(33)29(26)31(18)38-25-15-28(40-9-11-42-12-10-40)36-17-22(25)20-6-7-27(35-16-20)37-19(2)41/h3-8,13-17H,9-12H2,1-2H3,(H,35,37,41)(H,36,38,39). The second-order valence-corrected chi connectivity index (χ2v) is 9.88. The number of morpholine rings is 1. The summed E-state index contributed by atoms with van der Waals surface area (Å²) in [6.07, 6.45) is 5.01. The lowest BCUT2D eigenvalue weighted by Gasteiger charge is -2.28. The Kier molecular flexibility index (Phi) is 7.41. The van der Waals surface area contributed by atoms with E-state index in [1.165, 1.54) is 13.0 Å². The number of anilines is 4. The van der Waals surface area contributed by atoms with Crippen molar-refractivity contribution in [3.8, 4) is 22.5 Å². The number of amides is 1. The predicted molar refractivity (Wildman–Crippen MR) is 158 cm³/mol. The molecule has 1 aliphatic heterocycles. The number of hydrogen-bond acceptors (Lipinski definition) is 8. The smallest absolute Gasteiger partial charge is 0.222 e. The quantitative estimate of drug-likeness (QED) is 0.262. The molecule has 42 heavy (non-hydrogen) atoms. The SMILES string of the molecule is CC(=O)Nc1ccc(-c2cnc(N3CCOCC3)cc2Nc2c(C)c(-c3ccccn3)nc3cc(F)cc(F)c23)cn1. The van der Waals surface area contributed by atoms with Gasteiger partial charge in [0, 0.05) is 73.5 Å². The van der Waals surface area contributed by atoms with Crippen LogP contribution < -0.4 is 15.5 Å². The Morgan fingerprint density at radius 2 is 1.83 bits per heavy atom. The molecule has 0 unspecified atom stereocenters. The Bertz CT molecular complexity index is 1780. The fraction of sp³-hybridized carbons (Fsp3) is 0.194. The maximum Gasteiger partial charge on any atom is 0.222 e. The Morgan fingerprint density at radius 1 is 1.00 bits per heavy atom. The number of carbonyl (C=O) groups is 1. The Morgan fingerprint density at radius 3 is 2.55 bits per heavy atom. The first-order chi connectivity index (χ1) is 20.4. The summed E-state index contributed by atoms with van der Waals surface area (Å²) in [7, 11) is 0. The number of carbonyl (C=O) groups excluding carboxylic acids is 1.